The molecule has 1 fully saturated rings. The van der Waals surface area contributed by atoms with Gasteiger partial charge in [0.1, 0.15) is 0 Å². The first kappa shape index (κ1) is 24.6. The molecule has 1 aromatic rings. The first-order chi connectivity index (χ1) is 13.9. The number of nitrogens with zero attached hydrogens (tertiary/aromatic N) is 1. The highest BCUT2D eigenvalue weighted by Gasteiger charge is 2.28. The lowest BCUT2D eigenvalue weighted by Gasteiger charge is -2.37. The predicted octanol–water partition coefficient (Wildman–Crippen LogP) is 3.44. The molecule has 0 aliphatic carbocycles. The topological polar surface area (TPSA) is 87.7 Å². The molecule has 8 heteroatoms. The van der Waals surface area contributed by atoms with Crippen molar-refractivity contribution in [3.05, 3.63) is 23.8 Å². The van der Waals surface area contributed by atoms with E-state index in [0.717, 1.165) is 30.0 Å². The zero-order chi connectivity index (χ0) is 22.5. The molecule has 0 spiro atoms. The van der Waals surface area contributed by atoms with E-state index in [9.17, 15) is 13.2 Å². The zero-order valence-electron chi connectivity index (χ0n) is 19.1. The molecule has 7 nitrogen and oxygen atoms in total. The molecule has 1 saturated heterocycles. The molecule has 170 valence electrons. The summed E-state index contributed by atoms with van der Waals surface area (Å²) in [6, 6.07) is 6.08. The van der Waals surface area contributed by atoms with Crippen LogP contribution in [0.3, 0.4) is 0 Å². The lowest BCUT2D eigenvalue weighted by atomic mass is 10.1. The first-order valence-electron chi connectivity index (χ1n) is 10.7. The van der Waals surface area contributed by atoms with E-state index in [1.165, 1.54) is 0 Å². The maximum atomic E-state index is 12.3. The molecule has 1 heterocycles. The highest BCUT2D eigenvalue weighted by Crippen LogP contribution is 2.25. The maximum Gasteiger partial charge on any atom is 0.224 e. The van der Waals surface area contributed by atoms with Gasteiger partial charge in [-0.2, -0.15) is 0 Å². The summed E-state index contributed by atoms with van der Waals surface area (Å²) in [5, 5.41) is 2.97. The molecule has 1 aliphatic rings. The van der Waals surface area contributed by atoms with Crippen molar-refractivity contribution < 1.29 is 17.9 Å². The van der Waals surface area contributed by atoms with Gasteiger partial charge in [0.25, 0.3) is 0 Å². The molecule has 0 bridgehead atoms. The van der Waals surface area contributed by atoms with Crippen LogP contribution < -0.4 is 14.9 Å². The van der Waals surface area contributed by atoms with E-state index in [2.05, 4.69) is 34.9 Å². The van der Waals surface area contributed by atoms with Gasteiger partial charge in [0.2, 0.25) is 15.9 Å². The molecule has 0 aromatic heterocycles. The molecule has 2 atom stereocenters. The van der Waals surface area contributed by atoms with Gasteiger partial charge in [0.05, 0.1) is 17.0 Å². The van der Waals surface area contributed by atoms with Gasteiger partial charge in [-0.15, -0.1) is 0 Å². The number of sulfonamides is 1. The standard InChI is InChI=1S/C22H37N3O4S/c1-16-13-19(25-14-17(2)29-18(3)15-25)10-11-20(16)24-21(26)9-7-8-12-23-30(27,28)22(4,5)6/h10-11,13,17-18,23H,7-9,12,14-15H2,1-6H3,(H,24,26)/t17-,18+. The highest BCUT2D eigenvalue weighted by molar-refractivity contribution is 7.90. The molecule has 0 unspecified atom stereocenters. The molecule has 2 N–H and O–H groups in total. The fourth-order valence-corrected chi connectivity index (χ4v) is 4.27. The summed E-state index contributed by atoms with van der Waals surface area (Å²) in [6.07, 6.45) is 1.99. The lowest BCUT2D eigenvalue weighted by molar-refractivity contribution is -0.116. The van der Waals surface area contributed by atoms with Crippen molar-refractivity contribution in [3.63, 3.8) is 0 Å². The minimum Gasteiger partial charge on any atom is -0.372 e. The Morgan fingerprint density at radius 3 is 2.37 bits per heavy atom. The van der Waals surface area contributed by atoms with E-state index in [-0.39, 0.29) is 18.1 Å². The van der Waals surface area contributed by atoms with Gasteiger partial charge >= 0.3 is 0 Å². The van der Waals surface area contributed by atoms with E-state index >= 15 is 0 Å². The van der Waals surface area contributed by atoms with Crippen molar-refractivity contribution in [1.82, 2.24) is 4.72 Å². The number of hydrogen-bond donors (Lipinski definition) is 2. The average molecular weight is 440 g/mol. The number of carbonyl (C=O) groups is 1. The Labute approximate surface area is 181 Å². The molecule has 0 saturated carbocycles. The minimum atomic E-state index is -3.34. The molecule has 1 amide bonds. The number of anilines is 2. The van der Waals surface area contributed by atoms with E-state index in [1.807, 2.05) is 19.1 Å². The number of carbonyl (C=O) groups excluding carboxylic acids is 1. The van der Waals surface area contributed by atoms with E-state index in [0.29, 0.717) is 25.8 Å². The molecular weight excluding hydrogens is 402 g/mol. The van der Waals surface area contributed by atoms with Crippen LogP contribution in [0.4, 0.5) is 11.4 Å². The van der Waals surface area contributed by atoms with Crippen molar-refractivity contribution in [1.29, 1.82) is 0 Å². The number of morpholine rings is 1. The van der Waals surface area contributed by atoms with E-state index < -0.39 is 14.8 Å². The van der Waals surface area contributed by atoms with Crippen LogP contribution in [0.5, 0.6) is 0 Å². The number of benzene rings is 1. The zero-order valence-corrected chi connectivity index (χ0v) is 19.9. The van der Waals surface area contributed by atoms with Gasteiger partial charge in [-0.25, -0.2) is 13.1 Å². The molecule has 1 aromatic carbocycles. The van der Waals surface area contributed by atoms with Crippen molar-refractivity contribution in [2.75, 3.05) is 29.9 Å². The number of ether oxygens (including phenoxy) is 1. The number of nitrogens with one attached hydrogen (secondary N) is 2. The Morgan fingerprint density at radius 1 is 1.17 bits per heavy atom. The monoisotopic (exact) mass is 439 g/mol. The normalized spacial score (nSPS) is 20.3. The Bertz CT molecular complexity index is 823. The largest absolute Gasteiger partial charge is 0.372 e. The van der Waals surface area contributed by atoms with Gasteiger partial charge in [0, 0.05) is 37.4 Å². The highest BCUT2D eigenvalue weighted by atomic mass is 32.2. The second-order valence-corrected chi connectivity index (χ2v) is 11.7. The third-order valence-electron chi connectivity index (χ3n) is 5.20. The van der Waals surface area contributed by atoms with Crippen LogP contribution in [0.2, 0.25) is 0 Å². The van der Waals surface area contributed by atoms with Gasteiger partial charge in [0.15, 0.2) is 0 Å². The van der Waals surface area contributed by atoms with E-state index in [4.69, 9.17) is 4.74 Å². The van der Waals surface area contributed by atoms with Gasteiger partial charge in [-0.1, -0.05) is 0 Å². The molecule has 30 heavy (non-hydrogen) atoms. The predicted molar refractivity (Wildman–Crippen MR) is 123 cm³/mol. The number of hydrogen-bond acceptors (Lipinski definition) is 5. The van der Waals surface area contributed by atoms with Crippen molar-refractivity contribution >= 4 is 27.3 Å². The second-order valence-electron chi connectivity index (χ2n) is 9.18. The van der Waals surface area contributed by atoms with Gasteiger partial charge < -0.3 is 15.0 Å². The van der Waals surface area contributed by atoms with Gasteiger partial charge in [-0.05, 0) is 78.1 Å². The summed E-state index contributed by atoms with van der Waals surface area (Å²) in [4.78, 5) is 14.6. The Morgan fingerprint density at radius 2 is 1.80 bits per heavy atom. The maximum absolute atomic E-state index is 12.3. The smallest absolute Gasteiger partial charge is 0.224 e. The quantitative estimate of drug-likeness (QED) is 0.606. The number of rotatable bonds is 8. The van der Waals surface area contributed by atoms with Crippen LogP contribution in [-0.2, 0) is 19.6 Å². The summed E-state index contributed by atoms with van der Waals surface area (Å²) in [6.45, 7) is 13.2. The third kappa shape index (κ3) is 6.96. The third-order valence-corrected chi connectivity index (χ3v) is 7.39. The van der Waals surface area contributed by atoms with Crippen LogP contribution in [0.15, 0.2) is 18.2 Å². The van der Waals surface area contributed by atoms with Crippen molar-refractivity contribution in [2.45, 2.75) is 77.8 Å². The average Bonchev–Trinajstić information content (AvgIpc) is 2.61. The summed E-state index contributed by atoms with van der Waals surface area (Å²) in [5.74, 6) is -0.0573. The molecule has 1 aliphatic heterocycles. The van der Waals surface area contributed by atoms with Gasteiger partial charge in [-0.3, -0.25) is 4.79 Å². The Hall–Kier alpha value is -1.64. The first-order valence-corrected chi connectivity index (χ1v) is 12.2. The summed E-state index contributed by atoms with van der Waals surface area (Å²) in [5.41, 5.74) is 2.97. The molecule has 2 rings (SSSR count). The lowest BCUT2D eigenvalue weighted by Crippen LogP contribution is -2.45. The van der Waals surface area contributed by atoms with Crippen LogP contribution >= 0.6 is 0 Å². The fourth-order valence-electron chi connectivity index (χ4n) is 3.42. The number of amides is 1. The molecular formula is C22H37N3O4S. The Balaban J connectivity index is 1.80. The van der Waals surface area contributed by atoms with Crippen molar-refractivity contribution in [3.8, 4) is 0 Å². The Kier molecular flexibility index (Phi) is 8.30. The van der Waals surface area contributed by atoms with Crippen LogP contribution in [-0.4, -0.2) is 50.9 Å². The van der Waals surface area contributed by atoms with Crippen molar-refractivity contribution in [2.24, 2.45) is 0 Å². The minimum absolute atomic E-state index is 0.0573. The SMILES string of the molecule is Cc1cc(N2C[C@@H](C)O[C@@H](C)C2)ccc1NC(=O)CCCCNS(=O)(=O)C(C)(C)C. The summed E-state index contributed by atoms with van der Waals surface area (Å²) in [7, 11) is -3.34. The van der Waals surface area contributed by atoms with Crippen LogP contribution in [0, 0.1) is 6.92 Å². The van der Waals surface area contributed by atoms with E-state index in [1.54, 1.807) is 20.8 Å². The number of unbranched alkanes of at least 4 members (excludes halogenated alkanes) is 1. The molecule has 0 radical (unpaired) electrons. The fraction of sp³-hybridized carbons (Fsp3) is 0.682. The van der Waals surface area contributed by atoms with Crippen LogP contribution in [0.1, 0.15) is 59.4 Å². The summed E-state index contributed by atoms with van der Waals surface area (Å²) < 4.78 is 31.6. The number of aryl methyl sites for hydroxylation is 1. The second kappa shape index (κ2) is 10.1. The summed E-state index contributed by atoms with van der Waals surface area (Å²) >= 11 is 0. The van der Waals surface area contributed by atoms with Crippen LogP contribution in [0.25, 0.3) is 0 Å².